The Morgan fingerprint density at radius 3 is 1.42 bits per heavy atom. The number of aromatic nitrogens is 3. The summed E-state index contributed by atoms with van der Waals surface area (Å²) in [5, 5.41) is 2.40. The van der Waals surface area contributed by atoms with E-state index in [0.29, 0.717) is 0 Å². The van der Waals surface area contributed by atoms with Crippen LogP contribution in [-0.4, -0.2) is 14.5 Å². The zero-order chi connectivity index (χ0) is 21.0. The Morgan fingerprint density at radius 2 is 1.00 bits per heavy atom. The predicted octanol–water partition coefficient (Wildman–Crippen LogP) is 5.40. The van der Waals surface area contributed by atoms with E-state index in [1.54, 1.807) is 24.8 Å². The van der Waals surface area contributed by atoms with Crippen molar-refractivity contribution in [2.24, 2.45) is 0 Å². The summed E-state index contributed by atoms with van der Waals surface area (Å²) in [4.78, 5) is 8.09. The van der Waals surface area contributed by atoms with Crippen LogP contribution in [0.1, 0.15) is 29.2 Å². The maximum Gasteiger partial charge on any atom is 0.0492 e. The van der Waals surface area contributed by atoms with Crippen LogP contribution in [0.5, 0.6) is 0 Å². The van der Waals surface area contributed by atoms with Gasteiger partial charge in [0.05, 0.1) is 0 Å². The van der Waals surface area contributed by atoms with E-state index in [-0.39, 0.29) is 0 Å². The lowest BCUT2D eigenvalue weighted by atomic mass is 10.1. The average Bonchev–Trinajstić information content (AvgIpc) is 3.15. The van der Waals surface area contributed by atoms with Crippen LogP contribution in [-0.2, 0) is 6.54 Å². The van der Waals surface area contributed by atoms with Gasteiger partial charge in [-0.15, -0.1) is 0 Å². The number of hydrogen-bond acceptors (Lipinski definition) is 2. The molecular weight excluding hydrogens is 378 g/mol. The smallest absolute Gasteiger partial charge is 0.0492 e. The van der Waals surface area contributed by atoms with Crippen LogP contribution in [0.4, 0.5) is 0 Å². The monoisotopic (exact) mass is 397 g/mol. The first-order chi connectivity index (χ1) is 15.3. The molecule has 0 unspecified atom stereocenters. The molecule has 0 aliphatic heterocycles. The lowest BCUT2D eigenvalue weighted by molar-refractivity contribution is 0.827. The van der Waals surface area contributed by atoms with Gasteiger partial charge in [0.15, 0.2) is 0 Å². The van der Waals surface area contributed by atoms with Gasteiger partial charge in [-0.25, -0.2) is 0 Å². The van der Waals surface area contributed by atoms with Crippen LogP contribution in [0.15, 0.2) is 85.5 Å². The highest BCUT2D eigenvalue weighted by atomic mass is 15.0. The predicted molar refractivity (Wildman–Crippen MR) is 126 cm³/mol. The summed E-state index contributed by atoms with van der Waals surface area (Å²) < 4.78 is 2.34. The fourth-order valence-electron chi connectivity index (χ4n) is 3.76. The van der Waals surface area contributed by atoms with Gasteiger partial charge in [-0.2, -0.15) is 0 Å². The van der Waals surface area contributed by atoms with Gasteiger partial charge >= 0.3 is 0 Å². The molecule has 0 N–H and O–H groups in total. The molecule has 3 aromatic heterocycles. The number of pyridine rings is 2. The van der Waals surface area contributed by atoms with Crippen molar-refractivity contribution in [3.63, 3.8) is 0 Å². The van der Waals surface area contributed by atoms with Crippen molar-refractivity contribution in [2.75, 3.05) is 0 Å². The molecule has 31 heavy (non-hydrogen) atoms. The van der Waals surface area contributed by atoms with E-state index < -0.39 is 0 Å². The first-order valence-corrected chi connectivity index (χ1v) is 10.2. The molecule has 0 aliphatic rings. The van der Waals surface area contributed by atoms with Crippen LogP contribution < -0.4 is 0 Å². The summed E-state index contributed by atoms with van der Waals surface area (Å²) >= 11 is 0. The van der Waals surface area contributed by atoms with Crippen molar-refractivity contribution in [3.8, 4) is 23.7 Å². The lowest BCUT2D eigenvalue weighted by Gasteiger charge is -2.02. The standard InChI is InChI=1S/C28H19N3/c1-2-31-27-9-7-23(5-3-21-11-15-29-16-12-21)19-25(27)26-20-24(8-10-28(26)31)6-4-22-13-17-30-18-14-22/h7-20H,2H2,1H3. The summed E-state index contributed by atoms with van der Waals surface area (Å²) in [6.45, 7) is 3.08. The van der Waals surface area contributed by atoms with Gasteiger partial charge in [-0.05, 0) is 67.6 Å². The first-order valence-electron chi connectivity index (χ1n) is 10.2. The summed E-state index contributed by atoms with van der Waals surface area (Å²) in [6, 6.07) is 20.5. The lowest BCUT2D eigenvalue weighted by Crippen LogP contribution is -1.92. The highest BCUT2D eigenvalue weighted by Gasteiger charge is 2.10. The third-order valence-electron chi connectivity index (χ3n) is 5.24. The zero-order valence-corrected chi connectivity index (χ0v) is 17.1. The Kier molecular flexibility index (Phi) is 4.93. The molecule has 2 aromatic carbocycles. The van der Waals surface area contributed by atoms with E-state index in [0.717, 1.165) is 28.8 Å². The van der Waals surface area contributed by atoms with E-state index in [4.69, 9.17) is 0 Å². The molecule has 0 radical (unpaired) electrons. The molecule has 3 heteroatoms. The minimum Gasteiger partial charge on any atom is -0.341 e. The molecule has 0 bridgehead atoms. The number of rotatable bonds is 1. The van der Waals surface area contributed by atoms with E-state index in [1.165, 1.54) is 21.8 Å². The Balaban J connectivity index is 1.62. The fourth-order valence-corrected chi connectivity index (χ4v) is 3.76. The summed E-state index contributed by atoms with van der Waals surface area (Å²) in [6.07, 6.45) is 7.04. The van der Waals surface area contributed by atoms with Crippen LogP contribution in [0.25, 0.3) is 21.8 Å². The topological polar surface area (TPSA) is 30.7 Å². The second-order valence-electron chi connectivity index (χ2n) is 7.18. The Bertz CT molecular complexity index is 1390. The van der Waals surface area contributed by atoms with Crippen molar-refractivity contribution < 1.29 is 0 Å². The zero-order valence-electron chi connectivity index (χ0n) is 17.1. The van der Waals surface area contributed by atoms with Crippen molar-refractivity contribution in [1.29, 1.82) is 0 Å². The van der Waals surface area contributed by atoms with Crippen molar-refractivity contribution in [3.05, 3.63) is 108 Å². The van der Waals surface area contributed by atoms with Crippen molar-refractivity contribution in [2.45, 2.75) is 13.5 Å². The van der Waals surface area contributed by atoms with E-state index >= 15 is 0 Å². The maximum atomic E-state index is 4.05. The van der Waals surface area contributed by atoms with Crippen LogP contribution in [0, 0.1) is 23.7 Å². The maximum absolute atomic E-state index is 4.05. The third kappa shape index (κ3) is 3.78. The summed E-state index contributed by atoms with van der Waals surface area (Å²) in [5.41, 5.74) is 6.33. The van der Waals surface area contributed by atoms with Crippen LogP contribution in [0.2, 0.25) is 0 Å². The van der Waals surface area contributed by atoms with Crippen molar-refractivity contribution >= 4 is 21.8 Å². The van der Waals surface area contributed by atoms with Gasteiger partial charge in [-0.1, -0.05) is 23.7 Å². The quantitative estimate of drug-likeness (QED) is 0.354. The normalized spacial score (nSPS) is 10.4. The Morgan fingerprint density at radius 1 is 0.581 bits per heavy atom. The molecule has 146 valence electrons. The van der Waals surface area contributed by atoms with Gasteiger partial charge in [0.25, 0.3) is 0 Å². The molecular formula is C28H19N3. The van der Waals surface area contributed by atoms with Gasteiger partial charge in [0.1, 0.15) is 0 Å². The fraction of sp³-hybridized carbons (Fsp3) is 0.0714. The van der Waals surface area contributed by atoms with Gasteiger partial charge in [0.2, 0.25) is 0 Å². The second-order valence-corrected chi connectivity index (χ2v) is 7.18. The average molecular weight is 397 g/mol. The molecule has 0 amide bonds. The highest BCUT2D eigenvalue weighted by molar-refractivity contribution is 6.09. The molecule has 3 heterocycles. The Labute approximate surface area is 181 Å². The van der Waals surface area contributed by atoms with Gasteiger partial charge < -0.3 is 4.57 Å². The van der Waals surface area contributed by atoms with E-state index in [2.05, 4.69) is 81.5 Å². The highest BCUT2D eigenvalue weighted by Crippen LogP contribution is 2.30. The first kappa shape index (κ1) is 18.7. The molecule has 0 fully saturated rings. The van der Waals surface area contributed by atoms with Crippen molar-refractivity contribution in [1.82, 2.24) is 14.5 Å². The largest absolute Gasteiger partial charge is 0.341 e. The molecule has 0 spiro atoms. The Hall–Kier alpha value is -4.34. The molecule has 3 nitrogen and oxygen atoms in total. The van der Waals surface area contributed by atoms with Gasteiger partial charge in [0, 0.05) is 75.4 Å². The number of fused-ring (bicyclic) bond motifs is 3. The molecule has 5 rings (SSSR count). The third-order valence-corrected chi connectivity index (χ3v) is 5.24. The molecule has 0 saturated heterocycles. The summed E-state index contributed by atoms with van der Waals surface area (Å²) in [7, 11) is 0. The van der Waals surface area contributed by atoms with Crippen LogP contribution in [0.3, 0.4) is 0 Å². The number of benzene rings is 2. The molecule has 0 saturated carbocycles. The SMILES string of the molecule is CCn1c2ccc(C#Cc3ccncc3)cc2c2cc(C#Cc3ccncc3)ccc21. The molecule has 0 atom stereocenters. The minimum atomic E-state index is 0.907. The number of nitrogens with zero attached hydrogens (tertiary/aromatic N) is 3. The van der Waals surface area contributed by atoms with E-state index in [1.807, 2.05) is 24.3 Å². The molecule has 5 aromatic rings. The summed E-state index contributed by atoms with van der Waals surface area (Å²) in [5.74, 6) is 13.0. The van der Waals surface area contributed by atoms with Crippen LogP contribution >= 0.6 is 0 Å². The number of aryl methyl sites for hydroxylation is 1. The molecule has 0 aliphatic carbocycles. The van der Waals surface area contributed by atoms with E-state index in [9.17, 15) is 0 Å². The minimum absolute atomic E-state index is 0.907. The van der Waals surface area contributed by atoms with Gasteiger partial charge in [-0.3, -0.25) is 9.97 Å². The second kappa shape index (κ2) is 8.19. The number of hydrogen-bond donors (Lipinski definition) is 0.